The highest BCUT2D eigenvalue weighted by molar-refractivity contribution is 6.48. The Kier molecular flexibility index (Phi) is 21.2. The molecule has 0 unspecified atom stereocenters. The predicted molar refractivity (Wildman–Crippen MR) is 349 cm³/mol. The van der Waals surface area contributed by atoms with Crippen LogP contribution in [0.25, 0.3) is 4.85 Å². The maximum Gasteiger partial charge on any atom is 0.482 e. The number of benzene rings is 2. The molecule has 4 N–H and O–H groups in total. The van der Waals surface area contributed by atoms with Crippen molar-refractivity contribution in [1.82, 2.24) is 30.7 Å². The lowest BCUT2D eigenvalue weighted by Gasteiger charge is -2.64. The van der Waals surface area contributed by atoms with Gasteiger partial charge in [-0.1, -0.05) is 94.4 Å². The molecule has 12 aliphatic rings. The van der Waals surface area contributed by atoms with Gasteiger partial charge in [0.15, 0.2) is 0 Å². The van der Waals surface area contributed by atoms with Crippen molar-refractivity contribution >= 4 is 38.3 Å². The quantitative estimate of drug-likeness (QED) is 0.0359. The van der Waals surface area contributed by atoms with Gasteiger partial charge in [-0.05, 0) is 151 Å². The van der Waals surface area contributed by atoms with Crippen LogP contribution in [0, 0.1) is 64.2 Å². The highest BCUT2D eigenvalue weighted by Crippen LogP contribution is 2.67. The minimum Gasteiger partial charge on any atom is -0.477 e. The number of carbonyl (C=O) groups is 4. The van der Waals surface area contributed by atoms with E-state index >= 15 is 0 Å². The summed E-state index contributed by atoms with van der Waals surface area (Å²) in [6.07, 6.45) is 8.53. The van der Waals surface area contributed by atoms with Crippen molar-refractivity contribution in [2.24, 2.45) is 46.3 Å². The average molecular weight is 1320 g/mol. The zero-order valence-electron chi connectivity index (χ0n) is 56.8. The molecule has 6 saturated carbocycles. The molecule has 3 amide bonds. The van der Waals surface area contributed by atoms with Crippen molar-refractivity contribution in [1.29, 1.82) is 5.26 Å². The fourth-order valence-corrected chi connectivity index (χ4v) is 16.9. The predicted octanol–water partition coefficient (Wildman–Crippen LogP) is 10.2. The van der Waals surface area contributed by atoms with Gasteiger partial charge in [0.25, 0.3) is 17.8 Å². The Morgan fingerprint density at radius 2 is 1.19 bits per heavy atom. The summed E-state index contributed by atoms with van der Waals surface area (Å²) in [5, 5.41) is 26.8. The van der Waals surface area contributed by atoms with Gasteiger partial charge in [0.1, 0.15) is 11.6 Å². The molecule has 12 atom stereocenters. The third kappa shape index (κ3) is 15.9. The highest BCUT2D eigenvalue weighted by Gasteiger charge is 2.70. The van der Waals surface area contributed by atoms with Gasteiger partial charge in [-0.25, -0.2) is 36.8 Å². The monoisotopic (exact) mass is 1320 g/mol. The number of alkyl carbamates (subject to hydrolysis) is 2. The van der Waals surface area contributed by atoms with Crippen molar-refractivity contribution in [3.63, 3.8) is 0 Å². The number of amides is 3. The van der Waals surface area contributed by atoms with Crippen LogP contribution >= 0.6 is 0 Å². The molecular formula is C70H96B2F4N8O11. The normalized spacial score (nSPS) is 31.5. The highest BCUT2D eigenvalue weighted by atomic mass is 19.3. The SMILES string of the molecule is CC(C)(C=C(C#N)C(=O)O)N1CCC(F)(F)C1.CC1(C)[C@@H]2C[C@H]3OB([C@H](Cc4ccccc4)NC(=O)OC[C@H]4CCNC4)O[C@@]3(C)[C@H]1C2.[C-]#[N+]C(=CC(C)(C)N1CCC(F)(F)C1)C(=O)N1CC[C@H](COC(=O)N[C@@H](Cc2ccccc2)B2O[C@@H]3C[C@@H]4C[C@@H](C4(C)C)[C@]3(C)O2)C1. The number of rotatable bonds is 18. The number of alkyl halides is 4. The molecule has 6 aliphatic carbocycles. The van der Waals surface area contributed by atoms with E-state index in [1.165, 1.54) is 23.5 Å². The first kappa shape index (κ1) is 71.7. The van der Waals surface area contributed by atoms with Crippen LogP contribution in [-0.4, -0.2) is 182 Å². The van der Waals surface area contributed by atoms with E-state index in [0.717, 1.165) is 49.9 Å². The number of nitriles is 1. The maximum absolute atomic E-state index is 13.8. The fraction of sp³-hybridized carbons (Fsp3) is 0.686. The Morgan fingerprint density at radius 1 is 0.726 bits per heavy atom. The van der Waals surface area contributed by atoms with Gasteiger partial charge < -0.3 is 54.0 Å². The first-order chi connectivity index (χ1) is 44.6. The van der Waals surface area contributed by atoms with Crippen molar-refractivity contribution in [3.05, 3.63) is 107 Å². The number of nitrogens with one attached hydrogen (secondary N) is 3. The Hall–Kier alpha value is -6.05. The molecule has 2 aromatic rings. The lowest BCUT2D eigenvalue weighted by molar-refractivity contribution is -0.199. The van der Waals surface area contributed by atoms with E-state index in [0.29, 0.717) is 74.0 Å². The molecule has 14 rings (SSSR count). The lowest BCUT2D eigenvalue weighted by Crippen LogP contribution is -2.65. The Labute approximate surface area is 558 Å². The summed E-state index contributed by atoms with van der Waals surface area (Å²) in [5.41, 5.74) is -0.266. The zero-order chi connectivity index (χ0) is 68.7. The smallest absolute Gasteiger partial charge is 0.477 e. The van der Waals surface area contributed by atoms with E-state index in [1.807, 2.05) is 48.5 Å². The summed E-state index contributed by atoms with van der Waals surface area (Å²) >= 11 is 0. The number of carboxylic acids is 1. The van der Waals surface area contributed by atoms with Gasteiger partial charge in [0, 0.05) is 68.5 Å². The van der Waals surface area contributed by atoms with Crippen LogP contribution in [0.15, 0.2) is 84.1 Å². The summed E-state index contributed by atoms with van der Waals surface area (Å²) < 4.78 is 91.4. The van der Waals surface area contributed by atoms with Gasteiger partial charge in [-0.3, -0.25) is 14.6 Å². The molecule has 516 valence electrons. The maximum atomic E-state index is 13.8. The third-order valence-electron chi connectivity index (χ3n) is 23.1. The number of carbonyl (C=O) groups excluding carboxylic acids is 3. The van der Waals surface area contributed by atoms with Gasteiger partial charge in [0.05, 0.1) is 68.2 Å². The van der Waals surface area contributed by atoms with Gasteiger partial charge in [-0.15, -0.1) is 0 Å². The van der Waals surface area contributed by atoms with Crippen LogP contribution < -0.4 is 16.0 Å². The number of hydrogen-bond acceptors (Lipinski definition) is 14. The summed E-state index contributed by atoms with van der Waals surface area (Å²) in [7, 11) is -1.08. The van der Waals surface area contributed by atoms with Crippen LogP contribution in [-0.2, 0) is 50.5 Å². The summed E-state index contributed by atoms with van der Waals surface area (Å²) in [4.78, 5) is 58.0. The van der Waals surface area contributed by atoms with Gasteiger partial charge in [0.2, 0.25) is 5.70 Å². The summed E-state index contributed by atoms with van der Waals surface area (Å²) in [6, 6.07) is 21.7. The van der Waals surface area contributed by atoms with Crippen LogP contribution in [0.1, 0.15) is 132 Å². The molecule has 2 aromatic carbocycles. The minimum absolute atomic E-state index is 0.0151. The topological polar surface area (TPSA) is 218 Å². The molecule has 6 aliphatic heterocycles. The molecule has 0 aromatic heterocycles. The van der Waals surface area contributed by atoms with E-state index < -0.39 is 85.3 Å². The first-order valence-electron chi connectivity index (χ1n) is 34.0. The number of ether oxygens (including phenoxy) is 2. The average Bonchev–Trinajstić information content (AvgIpc) is 1.66. The summed E-state index contributed by atoms with van der Waals surface area (Å²) in [5.74, 6) is -5.52. The van der Waals surface area contributed by atoms with Crippen LogP contribution in [0.3, 0.4) is 0 Å². The molecule has 95 heavy (non-hydrogen) atoms. The molecule has 12 fully saturated rings. The zero-order valence-corrected chi connectivity index (χ0v) is 56.8. The number of likely N-dealkylation sites (tertiary alicyclic amines) is 3. The first-order valence-corrected chi connectivity index (χ1v) is 34.0. The van der Waals surface area contributed by atoms with E-state index in [1.54, 1.807) is 43.6 Å². The van der Waals surface area contributed by atoms with Gasteiger partial charge >= 0.3 is 32.4 Å². The third-order valence-corrected chi connectivity index (χ3v) is 23.1. The van der Waals surface area contributed by atoms with Crippen molar-refractivity contribution in [3.8, 4) is 6.07 Å². The number of halogens is 4. The molecule has 6 saturated heterocycles. The van der Waals surface area contributed by atoms with Crippen molar-refractivity contribution < 1.29 is 69.9 Å². The second kappa shape index (κ2) is 28.1. The lowest BCUT2D eigenvalue weighted by atomic mass is 9.43. The largest absolute Gasteiger partial charge is 0.482 e. The molecule has 0 radical (unpaired) electrons. The van der Waals surface area contributed by atoms with Crippen LogP contribution in [0.2, 0.25) is 0 Å². The Bertz CT molecular complexity index is 3260. The Balaban J connectivity index is 0.000000175. The molecule has 0 spiro atoms. The van der Waals surface area contributed by atoms with E-state index in [-0.39, 0.29) is 79.4 Å². The van der Waals surface area contributed by atoms with Crippen molar-refractivity contribution in [2.75, 3.05) is 65.6 Å². The molecule has 25 heteroatoms. The second-order valence-corrected chi connectivity index (χ2v) is 31.0. The summed E-state index contributed by atoms with van der Waals surface area (Å²) in [6.45, 7) is 30.9. The van der Waals surface area contributed by atoms with E-state index in [4.69, 9.17) is 45.0 Å². The number of hydrogen-bond donors (Lipinski definition) is 4. The standard InChI is InChI=1S/C35H47BF2N4O5.C24H35BN2O4.C11H14F2N2O2/c1-32(2,42-15-13-35(37,38)22-42)19-26(39-6)30(43)41-14-12-24(20-41)21-45-31(44)40-29(16-23-10-8-7-9-11-23)36-46-28-18-25-17-27(33(25,3)4)34(28,5)47-36;1-23(2)18-12-19(23)24(3)20(13-18)30-25(31-24)21(11-16-7-5-4-6-8-16)27-22(28)29-15-17-9-10-26-14-17;1-10(2,5-8(6-14)9(16)17)15-4-3-11(12,13)7-15/h7-11,19,24-25,27-29H,12-18,20-22H2,1-5H3,(H,40,44);4-8,17-21,26H,9-15H2,1-3H3,(H,27,28);5H,3-4,7H2,1-2H3,(H,16,17)/t24-,25-,27-,28+,29-,34-;17-,18-,19-,20+,21-,24-;/m00./s1. The van der Waals surface area contributed by atoms with Gasteiger partial charge in [-0.2, -0.15) is 5.26 Å². The van der Waals surface area contributed by atoms with E-state index in [9.17, 15) is 36.7 Å². The fourth-order valence-electron chi connectivity index (χ4n) is 16.9. The molecule has 19 nitrogen and oxygen atoms in total. The van der Waals surface area contributed by atoms with Crippen molar-refractivity contribution in [2.45, 2.75) is 192 Å². The molecule has 6 heterocycles. The van der Waals surface area contributed by atoms with Crippen LogP contribution in [0.4, 0.5) is 27.2 Å². The number of nitrogens with zero attached hydrogens (tertiary/aromatic N) is 5. The van der Waals surface area contributed by atoms with E-state index in [2.05, 4.69) is 74.5 Å². The molecule has 4 bridgehead atoms. The molecular weight excluding hydrogens is 1230 g/mol. The number of carboxylic acid groups (broad SMARTS) is 1. The van der Waals surface area contributed by atoms with Crippen LogP contribution in [0.5, 0.6) is 0 Å². The Morgan fingerprint density at radius 3 is 1.59 bits per heavy atom. The minimum atomic E-state index is -2.77. The number of aliphatic carboxylic acids is 1. The second-order valence-electron chi connectivity index (χ2n) is 31.0.